The van der Waals surface area contributed by atoms with Crippen LogP contribution in [0.1, 0.15) is 40.6 Å². The molecule has 2 atom stereocenters. The van der Waals surface area contributed by atoms with E-state index in [9.17, 15) is 0 Å². The molecule has 2 aliphatic rings. The van der Waals surface area contributed by atoms with E-state index >= 15 is 0 Å². The third-order valence-corrected chi connectivity index (χ3v) is 30.7. The van der Waals surface area contributed by atoms with Gasteiger partial charge < -0.3 is 0 Å². The van der Waals surface area contributed by atoms with Crippen molar-refractivity contribution in [3.05, 3.63) is 251 Å². The Kier molecular flexibility index (Phi) is 10.1. The minimum atomic E-state index is -4.34. The maximum atomic E-state index is 2.82. The number of benzene rings is 8. The van der Waals surface area contributed by atoms with E-state index in [1.807, 2.05) is 0 Å². The van der Waals surface area contributed by atoms with E-state index in [1.54, 1.807) is 11.1 Å². The number of hydrogen-bond donors (Lipinski definition) is 0. The summed E-state index contributed by atoms with van der Waals surface area (Å²) in [4.78, 5) is 0. The van der Waals surface area contributed by atoms with Crippen molar-refractivity contribution in [2.75, 3.05) is 0 Å². The fourth-order valence-electron chi connectivity index (χ4n) is 10.9. The molecule has 2 heteroatoms. The van der Waals surface area contributed by atoms with Gasteiger partial charge in [-0.15, -0.1) is 0 Å². The zero-order chi connectivity index (χ0) is 40.7. The molecule has 8 aromatic carbocycles. The van der Waals surface area contributed by atoms with Crippen LogP contribution in [0.4, 0.5) is 0 Å². The molecule has 2 aliphatic carbocycles. The fraction of sp³-hybridized carbons (Fsp3) is 0.103. The van der Waals surface area contributed by atoms with Crippen molar-refractivity contribution >= 4 is 19.0 Å². The van der Waals surface area contributed by atoms with Gasteiger partial charge in [-0.3, -0.25) is 0 Å². The number of rotatable bonds is 10. The van der Waals surface area contributed by atoms with Gasteiger partial charge in [0.2, 0.25) is 0 Å². The Morgan fingerprint density at radius 2 is 0.617 bits per heavy atom. The normalized spacial score (nSPS) is 15.8. The molecular formula is C58H50SiZr. The van der Waals surface area contributed by atoms with E-state index in [0.717, 1.165) is 12.8 Å². The Hall–Kier alpha value is -5.66. The Balaban J connectivity index is 1.28. The summed E-state index contributed by atoms with van der Waals surface area (Å²) in [5, 5.41) is 0. The molecule has 10 rings (SSSR count). The molecule has 2 unspecified atom stereocenters. The molecular weight excluding hydrogens is 816 g/mol. The third-order valence-electron chi connectivity index (χ3n) is 13.3. The third kappa shape index (κ3) is 7.00. The van der Waals surface area contributed by atoms with Gasteiger partial charge in [-0.2, -0.15) is 0 Å². The monoisotopic (exact) mass is 864 g/mol. The first-order valence-corrected chi connectivity index (χ1v) is 35.1. The predicted molar refractivity (Wildman–Crippen MR) is 257 cm³/mol. The van der Waals surface area contributed by atoms with Gasteiger partial charge in [-0.25, -0.2) is 0 Å². The van der Waals surface area contributed by atoms with E-state index in [2.05, 4.69) is 235 Å². The Morgan fingerprint density at radius 3 is 0.933 bits per heavy atom. The van der Waals surface area contributed by atoms with Crippen LogP contribution in [0.15, 0.2) is 217 Å². The summed E-state index contributed by atoms with van der Waals surface area (Å²) >= 11 is -4.34. The summed E-state index contributed by atoms with van der Waals surface area (Å²) in [7, 11) is 0. The first kappa shape index (κ1) is 38.5. The Bertz CT molecular complexity index is 2760. The van der Waals surface area contributed by atoms with Crippen LogP contribution in [-0.4, -0.2) is 6.88 Å². The van der Waals surface area contributed by atoms with Gasteiger partial charge in [0.25, 0.3) is 0 Å². The molecule has 8 aromatic rings. The van der Waals surface area contributed by atoms with Crippen molar-refractivity contribution < 1.29 is 17.4 Å². The van der Waals surface area contributed by atoms with Crippen LogP contribution in [0.5, 0.6) is 0 Å². The first-order chi connectivity index (χ1) is 29.3. The molecule has 0 bridgehead atoms. The van der Waals surface area contributed by atoms with E-state index in [1.165, 1.54) is 77.9 Å². The van der Waals surface area contributed by atoms with Crippen molar-refractivity contribution in [3.63, 3.8) is 0 Å². The molecule has 290 valence electrons. The summed E-state index contributed by atoms with van der Waals surface area (Å²) < 4.78 is 6.23. The topological polar surface area (TPSA) is 0 Å². The van der Waals surface area contributed by atoms with Crippen LogP contribution >= 0.6 is 0 Å². The molecule has 0 saturated heterocycles. The fourth-order valence-corrected chi connectivity index (χ4v) is 30.3. The van der Waals surface area contributed by atoms with Crippen molar-refractivity contribution in [2.24, 2.45) is 0 Å². The van der Waals surface area contributed by atoms with Crippen LogP contribution < -0.4 is 0 Å². The molecule has 0 radical (unpaired) electrons. The van der Waals surface area contributed by atoms with Crippen LogP contribution in [0.3, 0.4) is 0 Å². The van der Waals surface area contributed by atoms with Gasteiger partial charge >= 0.3 is 361 Å². The Morgan fingerprint density at radius 1 is 0.350 bits per heavy atom. The molecule has 0 aliphatic heterocycles. The molecule has 0 amide bonds. The van der Waals surface area contributed by atoms with Crippen molar-refractivity contribution in [1.29, 1.82) is 0 Å². The van der Waals surface area contributed by atoms with Crippen molar-refractivity contribution in [2.45, 2.75) is 29.4 Å². The zero-order valence-electron chi connectivity index (χ0n) is 34.6. The summed E-state index contributed by atoms with van der Waals surface area (Å²) in [6, 6.07) is 76.7. The summed E-state index contributed by atoms with van der Waals surface area (Å²) in [5.74, 6) is 0. The zero-order valence-corrected chi connectivity index (χ0v) is 38.4. The van der Waals surface area contributed by atoms with E-state index in [4.69, 9.17) is 0 Å². The average Bonchev–Trinajstić information content (AvgIpc) is 3.88. The van der Waals surface area contributed by atoms with Crippen LogP contribution in [0.2, 0.25) is 9.26 Å². The van der Waals surface area contributed by atoms with Gasteiger partial charge in [0.15, 0.2) is 0 Å². The van der Waals surface area contributed by atoms with Gasteiger partial charge in [0.1, 0.15) is 0 Å². The average molecular weight is 866 g/mol. The molecule has 60 heavy (non-hydrogen) atoms. The van der Waals surface area contributed by atoms with Gasteiger partial charge in [-0.1, -0.05) is 0 Å². The van der Waals surface area contributed by atoms with Crippen LogP contribution in [-0.2, 0) is 30.2 Å². The summed E-state index contributed by atoms with van der Waals surface area (Å²) in [6.07, 6.45) is 7.15. The second-order valence-corrected chi connectivity index (χ2v) is 48.5. The second kappa shape index (κ2) is 15.7. The number of allylic oxidation sites excluding steroid dienone is 2. The number of hydrogen-bond acceptors (Lipinski definition) is 0. The van der Waals surface area contributed by atoms with E-state index < -0.39 is 17.4 Å². The van der Waals surface area contributed by atoms with Gasteiger partial charge in [0, 0.05) is 0 Å². The summed E-state index contributed by atoms with van der Waals surface area (Å²) in [6.45, 7) is 2.47. The molecule has 0 fully saturated rings. The Labute approximate surface area is 358 Å². The minimum absolute atomic E-state index is 0.290. The molecule has 0 spiro atoms. The van der Waals surface area contributed by atoms with E-state index in [-0.39, 0.29) is 7.25 Å². The van der Waals surface area contributed by atoms with Gasteiger partial charge in [-0.05, 0) is 0 Å². The van der Waals surface area contributed by atoms with E-state index in [0.29, 0.717) is 0 Å². The quantitative estimate of drug-likeness (QED) is 0.120. The van der Waals surface area contributed by atoms with Gasteiger partial charge in [0.05, 0.1) is 0 Å². The predicted octanol–water partition coefficient (Wildman–Crippen LogP) is 14.8. The van der Waals surface area contributed by atoms with Crippen LogP contribution in [0.25, 0.3) is 56.7 Å². The van der Waals surface area contributed by atoms with Crippen molar-refractivity contribution in [1.82, 2.24) is 0 Å². The molecule has 0 N–H and O–H groups in total. The summed E-state index contributed by atoms with van der Waals surface area (Å²) in [5.41, 5.74) is 22.3. The number of fused-ring (bicyclic) bond motifs is 2. The molecule has 0 saturated carbocycles. The molecule has 0 aromatic heterocycles. The van der Waals surface area contributed by atoms with Crippen molar-refractivity contribution in [3.8, 4) is 44.5 Å². The SMILES string of the molecule is [CH3][Zr]([CH3])(=[SiH2])([CH]1C(Cc2ccccc2)=Cc2c(-c3ccccc3)ccc(-c3ccccc3)c21)[CH]1C(Cc2ccccc2)=Cc2c(-c3ccccc3)ccc(-c3ccccc3)c21. The molecule has 0 nitrogen and oxygen atoms in total. The molecule has 0 heterocycles. The maximum absolute atomic E-state index is 4.34. The first-order valence-electron chi connectivity index (χ1n) is 21.4. The standard InChI is InChI=1S/2C28H21.2CH3.H2Si.Zr/c2*1-4-10-21(11-5-1)18-22-19-27-25(23-12-6-2-7-13-23)16-17-26(28(27)20-22)24-14-8-3-9-15-24;;;;/h2*1-17,19-20H,18H2;2*1H3;1H2;. The van der Waals surface area contributed by atoms with Crippen LogP contribution in [0, 0.1) is 0 Å². The second-order valence-electron chi connectivity index (χ2n) is 18.0.